The van der Waals surface area contributed by atoms with Gasteiger partial charge in [0.2, 0.25) is 0 Å². The summed E-state index contributed by atoms with van der Waals surface area (Å²) in [7, 11) is 0. The first-order valence-corrected chi connectivity index (χ1v) is 26.3. The zero-order chi connectivity index (χ0) is 55.0. The van der Waals surface area contributed by atoms with Crippen LogP contribution in [0.5, 0.6) is 34.5 Å². The fourth-order valence-electron chi connectivity index (χ4n) is 8.18. The van der Waals surface area contributed by atoms with E-state index in [1.807, 2.05) is 182 Å². The Labute approximate surface area is 466 Å². The van der Waals surface area contributed by atoms with E-state index < -0.39 is 23.8 Å². The molecule has 0 unspecified atom stereocenters. The molecule has 0 saturated heterocycles. The van der Waals surface area contributed by atoms with E-state index >= 15 is 0 Å². The minimum Gasteiger partial charge on any atom is -0.489 e. The van der Waals surface area contributed by atoms with Crippen LogP contribution in [0, 0.1) is 5.92 Å². The van der Waals surface area contributed by atoms with Gasteiger partial charge in [-0.2, -0.15) is 0 Å². The Kier molecular flexibility index (Phi) is 20.0. The van der Waals surface area contributed by atoms with Gasteiger partial charge in [0.15, 0.2) is 0 Å². The molecule has 0 spiro atoms. The summed E-state index contributed by atoms with van der Waals surface area (Å²) in [5.41, 5.74) is 6.20. The van der Waals surface area contributed by atoms with Gasteiger partial charge >= 0.3 is 17.9 Å². The molecule has 0 fully saturated rings. The van der Waals surface area contributed by atoms with Crippen LogP contribution in [0.1, 0.15) is 70.9 Å². The second-order valence-corrected chi connectivity index (χ2v) is 18.7. The molecule has 0 amide bonds. The van der Waals surface area contributed by atoms with E-state index in [0.29, 0.717) is 34.5 Å². The van der Waals surface area contributed by atoms with E-state index in [2.05, 4.69) is 0 Å². The van der Waals surface area contributed by atoms with Crippen molar-refractivity contribution in [1.82, 2.24) is 0 Å². The van der Waals surface area contributed by atoms with Crippen LogP contribution in [0.2, 0.25) is 0 Å². The van der Waals surface area contributed by atoms with Gasteiger partial charge in [0.25, 0.3) is 0 Å². The Morgan fingerprint density at radius 2 is 0.487 bits per heavy atom. The summed E-state index contributed by atoms with van der Waals surface area (Å²) in [6.45, 7) is 0.953. The second kappa shape index (κ2) is 29.1. The van der Waals surface area contributed by atoms with Gasteiger partial charge in [-0.1, -0.05) is 182 Å². The highest BCUT2D eigenvalue weighted by molar-refractivity contribution is 5.91. The van der Waals surface area contributed by atoms with Crippen molar-refractivity contribution in [1.29, 1.82) is 0 Å². The number of hydrogen-bond donors (Lipinski definition) is 0. The number of carbonyl (C=O) groups excluding carboxylic acids is 3. The zero-order valence-electron chi connectivity index (χ0n) is 44.1. The predicted molar refractivity (Wildman–Crippen MR) is 303 cm³/mol. The maximum absolute atomic E-state index is 14.1. The van der Waals surface area contributed by atoms with Crippen molar-refractivity contribution >= 4 is 17.9 Å². The van der Waals surface area contributed by atoms with Crippen molar-refractivity contribution in [2.45, 2.75) is 46.1 Å². The zero-order valence-corrected chi connectivity index (χ0v) is 44.1. The van der Waals surface area contributed by atoms with E-state index in [4.69, 9.17) is 42.6 Å². The van der Waals surface area contributed by atoms with Crippen molar-refractivity contribution < 1.29 is 57.0 Å². The monoisotopic (exact) mass is 1070 g/mol. The molecule has 404 valence electrons. The van der Waals surface area contributed by atoms with Gasteiger partial charge in [0.05, 0.1) is 36.5 Å². The highest BCUT2D eigenvalue weighted by Crippen LogP contribution is 2.29. The molecular weight excluding hydrogens is 1010 g/mol. The van der Waals surface area contributed by atoms with Gasteiger partial charge in [-0.05, 0) is 76.2 Å². The third kappa shape index (κ3) is 17.6. The lowest BCUT2D eigenvalue weighted by molar-refractivity contribution is 0.0173. The summed E-state index contributed by atoms with van der Waals surface area (Å²) >= 11 is 0. The van der Waals surface area contributed by atoms with E-state index in [-0.39, 0.29) is 82.6 Å². The number of benzene rings is 9. The molecule has 0 aliphatic heterocycles. The van der Waals surface area contributed by atoms with Gasteiger partial charge < -0.3 is 42.6 Å². The second-order valence-electron chi connectivity index (χ2n) is 18.7. The number of rotatable bonds is 28. The van der Waals surface area contributed by atoms with Crippen LogP contribution in [0.15, 0.2) is 237 Å². The fraction of sp³-hybridized carbons (Fsp3) is 0.162. The van der Waals surface area contributed by atoms with Crippen LogP contribution >= 0.6 is 0 Å². The van der Waals surface area contributed by atoms with Crippen LogP contribution in [0.3, 0.4) is 0 Å². The normalized spacial score (nSPS) is 10.8. The molecule has 0 atom stereocenters. The first-order chi connectivity index (χ1) is 39.3. The van der Waals surface area contributed by atoms with Gasteiger partial charge in [-0.15, -0.1) is 0 Å². The SMILES string of the molecule is O=C(OCCC(COC(=O)c1cc(OCc2ccccc2)cc(OCc2ccccc2)c1)COC(=O)c1cc(OCc2ccccc2)cc(OCc2ccccc2)c1)c1cc(OCc2ccccc2)cc(OCc2ccccc2)c1. The fourth-order valence-corrected chi connectivity index (χ4v) is 8.18. The summed E-state index contributed by atoms with van der Waals surface area (Å²) < 4.78 is 54.9. The maximum atomic E-state index is 14.1. The molecule has 80 heavy (non-hydrogen) atoms. The molecule has 12 heteroatoms. The summed E-state index contributed by atoms with van der Waals surface area (Å²) in [4.78, 5) is 42.1. The van der Waals surface area contributed by atoms with E-state index in [1.54, 1.807) is 54.6 Å². The lowest BCUT2D eigenvalue weighted by Gasteiger charge is -2.19. The standard InChI is InChI=1S/C68H60O12/c69-66(57-33-60(73-42-50-19-7-1-8-20-50)39-61(34-57)74-43-51-21-9-2-10-22-51)72-32-31-56(48-79-67(70)58-35-62(75-44-52-23-11-3-12-24-52)40-63(36-58)76-45-53-25-13-4-14-26-53)49-80-68(71)59-37-64(77-46-54-27-15-5-16-28-54)41-65(38-59)78-47-55-29-17-6-18-30-55/h1-30,33-41,56H,31-32,42-49H2. The molecule has 0 aliphatic rings. The minimum absolute atomic E-state index is 0.130. The first kappa shape index (κ1) is 55.0. The highest BCUT2D eigenvalue weighted by atomic mass is 16.6. The van der Waals surface area contributed by atoms with Crippen molar-refractivity contribution in [2.24, 2.45) is 5.92 Å². The molecular formula is C68H60O12. The van der Waals surface area contributed by atoms with E-state index in [9.17, 15) is 14.4 Å². The van der Waals surface area contributed by atoms with Crippen molar-refractivity contribution in [3.8, 4) is 34.5 Å². The number of esters is 3. The van der Waals surface area contributed by atoms with Crippen molar-refractivity contribution in [2.75, 3.05) is 19.8 Å². The van der Waals surface area contributed by atoms with Gasteiger partial charge in [0, 0.05) is 24.1 Å². The maximum Gasteiger partial charge on any atom is 0.338 e. The average Bonchev–Trinajstić information content (AvgIpc) is 3.52. The van der Waals surface area contributed by atoms with Crippen molar-refractivity contribution in [3.05, 3.63) is 287 Å². The Balaban J connectivity index is 0.924. The summed E-state index contributed by atoms with van der Waals surface area (Å²) in [6, 6.07) is 72.8. The van der Waals surface area contributed by atoms with E-state index in [1.165, 1.54) is 0 Å². The molecule has 9 aromatic carbocycles. The Morgan fingerprint density at radius 1 is 0.275 bits per heavy atom. The first-order valence-electron chi connectivity index (χ1n) is 26.3. The molecule has 0 bridgehead atoms. The Morgan fingerprint density at radius 3 is 0.713 bits per heavy atom. The Bertz CT molecular complexity index is 3020. The molecule has 0 heterocycles. The molecule has 12 nitrogen and oxygen atoms in total. The van der Waals surface area contributed by atoms with Crippen LogP contribution in [0.4, 0.5) is 0 Å². The number of ether oxygens (including phenoxy) is 9. The van der Waals surface area contributed by atoms with Gasteiger partial charge in [-0.3, -0.25) is 0 Å². The lowest BCUT2D eigenvalue weighted by Crippen LogP contribution is -2.23. The lowest BCUT2D eigenvalue weighted by atomic mass is 10.1. The molecule has 0 saturated carbocycles. The molecule has 0 aromatic heterocycles. The third-order valence-electron chi connectivity index (χ3n) is 12.5. The van der Waals surface area contributed by atoms with Gasteiger partial charge in [0.1, 0.15) is 74.1 Å². The number of hydrogen-bond acceptors (Lipinski definition) is 12. The summed E-state index contributed by atoms with van der Waals surface area (Å²) in [5.74, 6) is -0.231. The molecule has 9 aromatic rings. The molecule has 0 radical (unpaired) electrons. The van der Waals surface area contributed by atoms with Crippen molar-refractivity contribution in [3.63, 3.8) is 0 Å². The van der Waals surface area contributed by atoms with E-state index in [0.717, 1.165) is 33.4 Å². The predicted octanol–water partition coefficient (Wildman–Crippen LogP) is 14.0. The smallest absolute Gasteiger partial charge is 0.338 e. The molecule has 0 N–H and O–H groups in total. The Hall–Kier alpha value is -9.81. The topological polar surface area (TPSA) is 134 Å². The van der Waals surface area contributed by atoms with Crippen LogP contribution < -0.4 is 28.4 Å². The van der Waals surface area contributed by atoms with Crippen LogP contribution in [0.25, 0.3) is 0 Å². The largest absolute Gasteiger partial charge is 0.489 e. The summed E-state index contributed by atoms with van der Waals surface area (Å²) in [5, 5.41) is 0. The quantitative estimate of drug-likeness (QED) is 0.0341. The molecule has 9 rings (SSSR count). The van der Waals surface area contributed by atoms with Crippen LogP contribution in [-0.2, 0) is 53.9 Å². The number of carbonyl (C=O) groups is 3. The van der Waals surface area contributed by atoms with Gasteiger partial charge in [-0.25, -0.2) is 14.4 Å². The molecule has 0 aliphatic carbocycles. The third-order valence-corrected chi connectivity index (χ3v) is 12.5. The minimum atomic E-state index is -0.674. The average molecular weight is 1070 g/mol. The van der Waals surface area contributed by atoms with Crippen LogP contribution in [-0.4, -0.2) is 37.7 Å². The summed E-state index contributed by atoms with van der Waals surface area (Å²) in [6.07, 6.45) is 0.130. The highest BCUT2D eigenvalue weighted by Gasteiger charge is 2.22.